The molecule has 5 nitrogen and oxygen atoms in total. The Hall–Kier alpha value is -2.38. The van der Waals surface area contributed by atoms with E-state index in [4.69, 9.17) is 0 Å². The number of para-hydroxylation sites is 2. The van der Waals surface area contributed by atoms with Gasteiger partial charge in [0, 0.05) is 17.9 Å². The number of carbonyl (C=O) groups is 1. The van der Waals surface area contributed by atoms with Crippen LogP contribution in [0.5, 0.6) is 0 Å². The first-order chi connectivity index (χ1) is 8.75. The number of halogens is 3. The Morgan fingerprint density at radius 1 is 1.32 bits per heavy atom. The number of alkyl halides is 3. The molecule has 0 N–H and O–H groups in total. The van der Waals surface area contributed by atoms with E-state index in [1.165, 1.54) is 18.2 Å². The largest absolute Gasteiger partial charge is 0.805 e. The molecule has 2 aromatic rings. The fourth-order valence-corrected chi connectivity index (χ4v) is 1.80. The number of Topliss-reactive ketones (excluding diaryl/α,β-unsaturated/α-hetero) is 1. The lowest BCUT2D eigenvalue weighted by Crippen LogP contribution is -2.33. The first kappa shape index (κ1) is 13.1. The number of hydrogen-bond acceptors (Lipinski definition) is 3. The van der Waals surface area contributed by atoms with Crippen molar-refractivity contribution in [3.63, 3.8) is 0 Å². The summed E-state index contributed by atoms with van der Waals surface area (Å²) in [6.45, 7) is 0.799. The van der Waals surface area contributed by atoms with Gasteiger partial charge in [-0.15, -0.1) is 0 Å². The fraction of sp³-hybridized carbons (Fsp3) is 0.182. The van der Waals surface area contributed by atoms with Gasteiger partial charge in [0.25, 0.3) is 5.52 Å². The minimum absolute atomic E-state index is 0.158. The summed E-state index contributed by atoms with van der Waals surface area (Å²) in [5, 5.41) is 11.7. The average Bonchev–Trinajstić information content (AvgIpc) is 2.31. The lowest BCUT2D eigenvalue weighted by Gasteiger charge is -2.19. The standard InChI is InChI=1S/C11H7F3N2O3/c1-6(17)9-10(11(12,13)14)16(19)8-5-3-2-4-7(8)15(9)18/h2-5H,1H3. The van der Waals surface area contributed by atoms with Crippen LogP contribution in [0.1, 0.15) is 23.1 Å². The van der Waals surface area contributed by atoms with Crippen LogP contribution in [0.25, 0.3) is 11.0 Å². The molecule has 0 aliphatic rings. The zero-order valence-corrected chi connectivity index (χ0v) is 9.56. The van der Waals surface area contributed by atoms with Gasteiger partial charge < -0.3 is 9.94 Å². The maximum Gasteiger partial charge on any atom is 0.438 e. The highest BCUT2D eigenvalue weighted by Crippen LogP contribution is 2.32. The summed E-state index contributed by atoms with van der Waals surface area (Å²) in [6, 6.07) is 4.96. The lowest BCUT2D eigenvalue weighted by molar-refractivity contribution is -0.470. The van der Waals surface area contributed by atoms with Gasteiger partial charge in [-0.3, -0.25) is 4.79 Å². The molecule has 0 amide bonds. The van der Waals surface area contributed by atoms with Crippen LogP contribution in [0.2, 0.25) is 0 Å². The van der Waals surface area contributed by atoms with Gasteiger partial charge in [0.05, 0.1) is 4.43 Å². The molecule has 8 heteroatoms. The van der Waals surface area contributed by atoms with Crippen molar-refractivity contribution in [1.29, 1.82) is 0 Å². The summed E-state index contributed by atoms with van der Waals surface area (Å²) >= 11 is 0. The van der Waals surface area contributed by atoms with E-state index in [0.29, 0.717) is 0 Å². The topological polar surface area (TPSA) is 68.0 Å². The van der Waals surface area contributed by atoms with Crippen molar-refractivity contribution in [3.8, 4) is 0 Å². The van der Waals surface area contributed by atoms with Crippen molar-refractivity contribution >= 4 is 16.8 Å². The van der Waals surface area contributed by atoms with Crippen LogP contribution in [0.4, 0.5) is 13.2 Å². The number of benzene rings is 1. The summed E-state index contributed by atoms with van der Waals surface area (Å²) < 4.78 is 38.0. The first-order valence-corrected chi connectivity index (χ1v) is 5.11. The van der Waals surface area contributed by atoms with E-state index in [2.05, 4.69) is 0 Å². The third-order valence-electron chi connectivity index (χ3n) is 2.55. The smallest absolute Gasteiger partial charge is 0.438 e. The molecule has 1 heterocycles. The molecule has 0 saturated carbocycles. The number of carbonyl (C=O) groups excluding carboxylic acids is 1. The van der Waals surface area contributed by atoms with E-state index in [9.17, 15) is 28.1 Å². The fourth-order valence-electron chi connectivity index (χ4n) is 1.80. The zero-order chi connectivity index (χ0) is 14.4. The number of rotatable bonds is 1. The second-order valence-corrected chi connectivity index (χ2v) is 3.83. The average molecular weight is 272 g/mol. The van der Waals surface area contributed by atoms with Gasteiger partial charge in [0.15, 0.2) is 0 Å². The highest BCUT2D eigenvalue weighted by Gasteiger charge is 2.43. The predicted molar refractivity (Wildman–Crippen MR) is 59.1 cm³/mol. The van der Waals surface area contributed by atoms with E-state index in [1.54, 1.807) is 0 Å². The summed E-state index contributed by atoms with van der Waals surface area (Å²) in [5.74, 6) is -1.13. The molecule has 1 aromatic heterocycles. The van der Waals surface area contributed by atoms with E-state index < -0.39 is 33.6 Å². The van der Waals surface area contributed by atoms with Gasteiger partial charge in [0.2, 0.25) is 11.5 Å². The van der Waals surface area contributed by atoms with Gasteiger partial charge in [-0.05, 0) is 6.07 Å². The molecule has 0 unspecified atom stereocenters. The van der Waals surface area contributed by atoms with Gasteiger partial charge in [0.1, 0.15) is 5.52 Å². The molecule has 2 rings (SSSR count). The number of aromatic nitrogens is 2. The number of hydrogen-bond donors (Lipinski definition) is 0. The Labute approximate surface area is 104 Å². The maximum atomic E-state index is 12.9. The summed E-state index contributed by atoms with van der Waals surface area (Å²) in [4.78, 5) is 23.1. The predicted octanol–water partition coefficient (Wildman–Crippen LogP) is 2.12. The monoisotopic (exact) mass is 272 g/mol. The summed E-state index contributed by atoms with van der Waals surface area (Å²) in [7, 11) is 0. The van der Waals surface area contributed by atoms with Crippen LogP contribution in [-0.2, 0) is 6.18 Å². The number of ketones is 1. The van der Waals surface area contributed by atoms with Crippen molar-refractivity contribution in [3.05, 3.63) is 45.8 Å². The van der Waals surface area contributed by atoms with Gasteiger partial charge in [-0.25, -0.2) is 0 Å². The van der Waals surface area contributed by atoms with Crippen molar-refractivity contribution in [1.82, 2.24) is 4.73 Å². The number of fused-ring (bicyclic) bond motifs is 1. The zero-order valence-electron chi connectivity index (χ0n) is 9.56. The van der Waals surface area contributed by atoms with Crippen LogP contribution >= 0.6 is 0 Å². The molecular weight excluding hydrogens is 265 g/mol. The van der Waals surface area contributed by atoms with E-state index in [1.807, 2.05) is 0 Å². The Bertz CT molecular complexity index is 734. The molecular formula is C11H7F3N2O3. The van der Waals surface area contributed by atoms with Crippen molar-refractivity contribution in [2.45, 2.75) is 13.1 Å². The summed E-state index contributed by atoms with van der Waals surface area (Å²) in [6.07, 6.45) is -5.10. The molecule has 19 heavy (non-hydrogen) atoms. The maximum absolute atomic E-state index is 12.9. The second-order valence-electron chi connectivity index (χ2n) is 3.83. The van der Waals surface area contributed by atoms with E-state index in [0.717, 1.165) is 13.0 Å². The van der Waals surface area contributed by atoms with Crippen molar-refractivity contribution in [2.75, 3.05) is 0 Å². The van der Waals surface area contributed by atoms with Gasteiger partial charge in [-0.2, -0.15) is 13.2 Å². The first-order valence-electron chi connectivity index (χ1n) is 5.11. The Kier molecular flexibility index (Phi) is 2.80. The minimum atomic E-state index is -5.10. The lowest BCUT2D eigenvalue weighted by atomic mass is 10.2. The van der Waals surface area contributed by atoms with Crippen LogP contribution in [0, 0.1) is 10.1 Å². The second kappa shape index (κ2) is 4.08. The van der Waals surface area contributed by atoms with Crippen molar-refractivity contribution < 1.29 is 22.4 Å². The molecule has 0 spiro atoms. The van der Waals surface area contributed by atoms with Crippen LogP contribution < -0.4 is 4.43 Å². The molecule has 0 radical (unpaired) electrons. The van der Waals surface area contributed by atoms with Gasteiger partial charge >= 0.3 is 11.9 Å². The van der Waals surface area contributed by atoms with Crippen LogP contribution in [0.15, 0.2) is 24.3 Å². The molecule has 0 bridgehead atoms. The Morgan fingerprint density at radius 2 is 1.89 bits per heavy atom. The Morgan fingerprint density at radius 3 is 2.42 bits per heavy atom. The molecule has 0 aliphatic carbocycles. The molecule has 100 valence electrons. The normalized spacial score (nSPS) is 11.8. The third-order valence-corrected chi connectivity index (χ3v) is 2.55. The SMILES string of the molecule is CC(=O)c1c(C(F)(F)F)n([O-])c2ccccc2[n+]1=O. The highest BCUT2D eigenvalue weighted by atomic mass is 19.4. The minimum Gasteiger partial charge on any atom is -0.805 e. The quantitative estimate of drug-likeness (QED) is 0.590. The van der Waals surface area contributed by atoms with Crippen LogP contribution in [0.3, 0.4) is 0 Å². The van der Waals surface area contributed by atoms with Crippen LogP contribution in [-0.4, -0.2) is 10.5 Å². The third kappa shape index (κ3) is 1.94. The van der Waals surface area contributed by atoms with E-state index >= 15 is 0 Å². The number of nitrogens with zero attached hydrogens (tertiary/aromatic N) is 2. The molecule has 1 aromatic carbocycles. The molecule has 0 saturated heterocycles. The van der Waals surface area contributed by atoms with Crippen molar-refractivity contribution in [2.24, 2.45) is 0 Å². The summed E-state index contributed by atoms with van der Waals surface area (Å²) in [5.41, 5.74) is -3.75. The molecule has 0 aliphatic heterocycles. The highest BCUT2D eigenvalue weighted by molar-refractivity contribution is 5.93. The van der Waals surface area contributed by atoms with E-state index in [-0.39, 0.29) is 9.94 Å². The molecule has 0 fully saturated rings. The Balaban J connectivity index is 3.10. The van der Waals surface area contributed by atoms with Gasteiger partial charge in [-0.1, -0.05) is 12.1 Å². The molecule has 0 atom stereocenters.